The van der Waals surface area contributed by atoms with Crippen LogP contribution >= 0.6 is 0 Å². The summed E-state index contributed by atoms with van der Waals surface area (Å²) in [4.78, 5) is 24.0. The van der Waals surface area contributed by atoms with Gasteiger partial charge in [0.05, 0.1) is 12.3 Å². The van der Waals surface area contributed by atoms with Crippen molar-refractivity contribution in [1.29, 1.82) is 0 Å². The Labute approximate surface area is 189 Å². The van der Waals surface area contributed by atoms with E-state index in [9.17, 15) is 4.79 Å². The number of hydrogen-bond acceptors (Lipinski definition) is 5. The van der Waals surface area contributed by atoms with Gasteiger partial charge in [-0.25, -0.2) is 9.78 Å². The van der Waals surface area contributed by atoms with E-state index in [0.717, 1.165) is 44.3 Å². The van der Waals surface area contributed by atoms with Gasteiger partial charge in [0.1, 0.15) is 5.82 Å². The van der Waals surface area contributed by atoms with Crippen LogP contribution in [0.2, 0.25) is 0 Å². The number of allylic oxidation sites excluding steroid dienone is 4. The summed E-state index contributed by atoms with van der Waals surface area (Å²) in [6, 6.07) is 14.9. The Morgan fingerprint density at radius 2 is 1.84 bits per heavy atom. The molecule has 2 amide bonds. The summed E-state index contributed by atoms with van der Waals surface area (Å²) in [6.07, 6.45) is 11.2. The quantitative estimate of drug-likeness (QED) is 0.747. The molecule has 1 atom stereocenters. The number of pyridine rings is 1. The Bertz CT molecular complexity index is 966. The lowest BCUT2D eigenvalue weighted by atomic mass is 10.2. The average Bonchev–Trinajstić information content (AvgIpc) is 3.11. The Kier molecular flexibility index (Phi) is 7.19. The lowest BCUT2D eigenvalue weighted by Crippen LogP contribution is -2.52. The zero-order chi connectivity index (χ0) is 22.2. The van der Waals surface area contributed by atoms with Gasteiger partial charge >= 0.3 is 6.03 Å². The van der Waals surface area contributed by atoms with Crippen molar-refractivity contribution in [1.82, 2.24) is 14.8 Å². The highest BCUT2D eigenvalue weighted by Gasteiger charge is 2.27. The topological polar surface area (TPSA) is 60.9 Å². The third-order valence-electron chi connectivity index (χ3n) is 5.52. The van der Waals surface area contributed by atoms with Gasteiger partial charge in [-0.15, -0.1) is 0 Å². The number of amides is 2. The molecule has 1 saturated heterocycles. The minimum atomic E-state index is -0.184. The van der Waals surface area contributed by atoms with E-state index in [0.29, 0.717) is 5.82 Å². The zero-order valence-electron chi connectivity index (χ0n) is 18.3. The molecule has 0 saturated carbocycles. The third kappa shape index (κ3) is 5.56. The summed E-state index contributed by atoms with van der Waals surface area (Å²) in [5.41, 5.74) is 0.763. The number of urea groups is 1. The number of nitrogens with zero attached hydrogens (tertiary/aromatic N) is 4. The van der Waals surface area contributed by atoms with Gasteiger partial charge in [0, 0.05) is 44.6 Å². The molecule has 4 rings (SSSR count). The number of ether oxygens (including phenoxy) is 1. The highest BCUT2D eigenvalue weighted by Crippen LogP contribution is 2.19. The standard InChI is InChI=1S/C25H29N5O2/c1-21(20-28-15-17-29(18-16-28)24-13-6-3-9-19-32-24)30(23-12-7-8-14-26-23)25(31)27-22-10-4-2-5-11-22/h2-14,19,21H,15-18,20H2,1H3,(H,27,31). The predicted octanol–water partition coefficient (Wildman–Crippen LogP) is 4.07. The van der Waals surface area contributed by atoms with Crippen molar-refractivity contribution < 1.29 is 9.53 Å². The number of carbonyl (C=O) groups is 1. The number of rotatable bonds is 6. The normalized spacial score (nSPS) is 17.2. The van der Waals surface area contributed by atoms with Crippen LogP contribution in [0.4, 0.5) is 16.3 Å². The van der Waals surface area contributed by atoms with Crippen molar-refractivity contribution in [2.24, 2.45) is 0 Å². The molecule has 1 aromatic heterocycles. The van der Waals surface area contributed by atoms with Gasteiger partial charge in [-0.3, -0.25) is 9.80 Å². The highest BCUT2D eigenvalue weighted by atomic mass is 16.5. The smallest absolute Gasteiger partial charge is 0.327 e. The number of para-hydroxylation sites is 1. The summed E-state index contributed by atoms with van der Waals surface area (Å²) in [6.45, 7) is 6.37. The van der Waals surface area contributed by atoms with Crippen molar-refractivity contribution in [2.75, 3.05) is 42.9 Å². The highest BCUT2D eigenvalue weighted by molar-refractivity contribution is 6.01. The number of benzene rings is 1. The molecule has 1 unspecified atom stereocenters. The molecule has 0 radical (unpaired) electrons. The molecular weight excluding hydrogens is 402 g/mol. The zero-order valence-corrected chi connectivity index (χ0v) is 18.3. The largest absolute Gasteiger partial charge is 0.449 e. The lowest BCUT2D eigenvalue weighted by Gasteiger charge is -2.39. The summed E-state index contributed by atoms with van der Waals surface area (Å²) in [7, 11) is 0. The van der Waals surface area contributed by atoms with Crippen LogP contribution in [0.3, 0.4) is 0 Å². The van der Waals surface area contributed by atoms with Crippen LogP contribution in [0.5, 0.6) is 0 Å². The number of anilines is 2. The molecule has 2 aromatic rings. The second kappa shape index (κ2) is 10.6. The maximum absolute atomic E-state index is 13.2. The van der Waals surface area contributed by atoms with Gasteiger partial charge < -0.3 is 15.0 Å². The van der Waals surface area contributed by atoms with Crippen molar-refractivity contribution in [3.63, 3.8) is 0 Å². The number of carbonyl (C=O) groups excluding carboxylic acids is 1. The van der Waals surface area contributed by atoms with E-state index in [1.165, 1.54) is 0 Å². The molecule has 7 heteroatoms. The lowest BCUT2D eigenvalue weighted by molar-refractivity contribution is 0.103. The molecule has 2 aliphatic heterocycles. The van der Waals surface area contributed by atoms with E-state index in [4.69, 9.17) is 4.74 Å². The van der Waals surface area contributed by atoms with Gasteiger partial charge in [0.2, 0.25) is 0 Å². The number of piperazine rings is 1. The molecule has 0 spiro atoms. The van der Waals surface area contributed by atoms with E-state index in [2.05, 4.69) is 27.0 Å². The van der Waals surface area contributed by atoms with Crippen molar-refractivity contribution in [2.45, 2.75) is 13.0 Å². The summed E-state index contributed by atoms with van der Waals surface area (Å²) >= 11 is 0. The minimum absolute atomic E-state index is 0.0561. The molecule has 0 bridgehead atoms. The SMILES string of the molecule is CC(CN1CCN(C2=CC=CC=CO2)CC1)N(C(=O)Nc1ccccc1)c1ccccn1. The molecular formula is C25H29N5O2. The predicted molar refractivity (Wildman–Crippen MR) is 127 cm³/mol. The second-order valence-corrected chi connectivity index (χ2v) is 7.83. The molecule has 1 fully saturated rings. The molecule has 0 aliphatic carbocycles. The first kappa shape index (κ1) is 21.6. The fourth-order valence-electron chi connectivity index (χ4n) is 3.91. The number of nitrogens with one attached hydrogen (secondary N) is 1. The van der Waals surface area contributed by atoms with E-state index in [1.54, 1.807) is 17.4 Å². The third-order valence-corrected chi connectivity index (χ3v) is 5.52. The van der Waals surface area contributed by atoms with E-state index in [1.807, 2.05) is 72.8 Å². The Hall–Kier alpha value is -3.58. The Morgan fingerprint density at radius 1 is 1.06 bits per heavy atom. The van der Waals surface area contributed by atoms with Crippen molar-refractivity contribution >= 4 is 17.5 Å². The Balaban J connectivity index is 1.40. The molecule has 1 N–H and O–H groups in total. The molecule has 166 valence electrons. The maximum Gasteiger partial charge on any atom is 0.327 e. The fourth-order valence-corrected chi connectivity index (χ4v) is 3.91. The fraction of sp³-hybridized carbons (Fsp3) is 0.280. The first-order chi connectivity index (χ1) is 15.7. The van der Waals surface area contributed by atoms with Crippen LogP contribution in [0.25, 0.3) is 0 Å². The van der Waals surface area contributed by atoms with Crippen molar-refractivity contribution in [3.8, 4) is 0 Å². The molecule has 3 heterocycles. The monoisotopic (exact) mass is 431 g/mol. The van der Waals surface area contributed by atoms with Crippen LogP contribution in [0, 0.1) is 0 Å². The van der Waals surface area contributed by atoms with Crippen molar-refractivity contribution in [3.05, 3.63) is 91.2 Å². The summed E-state index contributed by atoms with van der Waals surface area (Å²) in [5.74, 6) is 1.52. The molecule has 1 aromatic carbocycles. The maximum atomic E-state index is 13.2. The van der Waals surface area contributed by atoms with Gasteiger partial charge in [0.25, 0.3) is 0 Å². The van der Waals surface area contributed by atoms with Gasteiger partial charge in [-0.1, -0.05) is 36.4 Å². The number of hydrogen-bond donors (Lipinski definition) is 1. The van der Waals surface area contributed by atoms with E-state index >= 15 is 0 Å². The first-order valence-corrected chi connectivity index (χ1v) is 10.9. The summed E-state index contributed by atoms with van der Waals surface area (Å²) < 4.78 is 5.70. The first-order valence-electron chi connectivity index (χ1n) is 10.9. The summed E-state index contributed by atoms with van der Waals surface area (Å²) in [5, 5.41) is 3.00. The number of aromatic nitrogens is 1. The molecule has 2 aliphatic rings. The van der Waals surface area contributed by atoms with Gasteiger partial charge in [-0.05, 0) is 43.3 Å². The van der Waals surface area contributed by atoms with Crippen LogP contribution in [0.1, 0.15) is 6.92 Å². The van der Waals surface area contributed by atoms with Crippen LogP contribution in [-0.2, 0) is 4.74 Å². The van der Waals surface area contributed by atoms with Crippen LogP contribution in [0.15, 0.2) is 91.2 Å². The molecule has 32 heavy (non-hydrogen) atoms. The van der Waals surface area contributed by atoms with Crippen LogP contribution < -0.4 is 10.2 Å². The average molecular weight is 432 g/mol. The Morgan fingerprint density at radius 3 is 2.59 bits per heavy atom. The van der Waals surface area contributed by atoms with E-state index < -0.39 is 0 Å². The molecule has 7 nitrogen and oxygen atoms in total. The van der Waals surface area contributed by atoms with Crippen LogP contribution in [-0.4, -0.2) is 59.6 Å². The van der Waals surface area contributed by atoms with E-state index in [-0.39, 0.29) is 12.1 Å². The van der Waals surface area contributed by atoms with Gasteiger partial charge in [-0.2, -0.15) is 0 Å². The van der Waals surface area contributed by atoms with Gasteiger partial charge in [0.15, 0.2) is 5.88 Å². The second-order valence-electron chi connectivity index (χ2n) is 7.83. The minimum Gasteiger partial charge on any atom is -0.449 e.